The van der Waals surface area contributed by atoms with Crippen molar-refractivity contribution in [3.8, 4) is 11.8 Å². The number of hydrogen-bond acceptors (Lipinski definition) is 6. The Morgan fingerprint density at radius 3 is 2.58 bits per heavy atom. The Hall–Kier alpha value is -4.20. The van der Waals surface area contributed by atoms with E-state index < -0.39 is 16.7 Å². The van der Waals surface area contributed by atoms with Gasteiger partial charge < -0.3 is 15.4 Å². The highest BCUT2D eigenvalue weighted by Gasteiger charge is 2.14. The van der Waals surface area contributed by atoms with Crippen molar-refractivity contribution < 1.29 is 19.2 Å². The number of aryl methyl sites for hydroxylation is 1. The van der Waals surface area contributed by atoms with Crippen molar-refractivity contribution in [2.45, 2.75) is 6.92 Å². The van der Waals surface area contributed by atoms with Gasteiger partial charge in [0.05, 0.1) is 4.92 Å². The Labute approximate surface area is 219 Å². The molecule has 0 aliphatic heterocycles. The lowest BCUT2D eigenvalue weighted by atomic mass is 10.1. The second-order valence-corrected chi connectivity index (χ2v) is 8.74. The number of anilines is 2. The third kappa shape index (κ3) is 7.15. The molecule has 2 N–H and O–H groups in total. The van der Waals surface area contributed by atoms with Crippen molar-refractivity contribution in [2.24, 2.45) is 0 Å². The van der Waals surface area contributed by atoms with Gasteiger partial charge in [0.15, 0.2) is 6.61 Å². The van der Waals surface area contributed by atoms with Crippen LogP contribution in [0.5, 0.6) is 5.75 Å². The summed E-state index contributed by atoms with van der Waals surface area (Å²) in [6.45, 7) is 1.51. The number of non-ortho nitro benzene ring substituents is 1. The number of nitrogens with zero attached hydrogens (tertiary/aromatic N) is 2. The Kier molecular flexibility index (Phi) is 8.78. The largest absolute Gasteiger partial charge is 0.483 e. The van der Waals surface area contributed by atoms with Crippen molar-refractivity contribution in [1.29, 1.82) is 5.26 Å². The predicted molar refractivity (Wildman–Crippen MR) is 140 cm³/mol. The minimum Gasteiger partial charge on any atom is -0.483 e. The molecule has 0 unspecified atom stereocenters. The summed E-state index contributed by atoms with van der Waals surface area (Å²) in [5.74, 6) is -0.944. The van der Waals surface area contributed by atoms with Crippen LogP contribution in [0.25, 0.3) is 6.08 Å². The highest BCUT2D eigenvalue weighted by Crippen LogP contribution is 2.27. The van der Waals surface area contributed by atoms with E-state index in [1.807, 2.05) is 13.0 Å². The summed E-state index contributed by atoms with van der Waals surface area (Å²) in [7, 11) is 0. The first kappa shape index (κ1) is 26.4. The van der Waals surface area contributed by atoms with Crippen LogP contribution in [-0.4, -0.2) is 23.3 Å². The monoisotopic (exact) mass is 568 g/mol. The number of benzene rings is 3. The highest BCUT2D eigenvalue weighted by atomic mass is 79.9. The lowest BCUT2D eigenvalue weighted by molar-refractivity contribution is -0.384. The SMILES string of the molecule is Cc1ccc(NC(=O)COc2ccc(Br)cc2/C=C(/C#N)C(=O)Nc2cccc([N+](=O)[O-])c2)cc1Cl. The second-order valence-electron chi connectivity index (χ2n) is 7.41. The smallest absolute Gasteiger partial charge is 0.271 e. The molecule has 3 aromatic carbocycles. The van der Waals surface area contributed by atoms with E-state index in [9.17, 15) is 25.0 Å². The molecule has 9 nitrogen and oxygen atoms in total. The lowest BCUT2D eigenvalue weighted by Crippen LogP contribution is -2.20. The molecular formula is C25H18BrClN4O5. The molecule has 182 valence electrons. The van der Waals surface area contributed by atoms with Crippen LogP contribution in [0.1, 0.15) is 11.1 Å². The van der Waals surface area contributed by atoms with Gasteiger partial charge in [0.1, 0.15) is 17.4 Å². The molecule has 0 saturated heterocycles. The van der Waals surface area contributed by atoms with E-state index in [0.29, 0.717) is 20.7 Å². The molecule has 36 heavy (non-hydrogen) atoms. The van der Waals surface area contributed by atoms with Gasteiger partial charge in [-0.2, -0.15) is 5.26 Å². The van der Waals surface area contributed by atoms with E-state index in [4.69, 9.17) is 16.3 Å². The zero-order chi connectivity index (χ0) is 26.2. The number of ether oxygens (including phenoxy) is 1. The third-order valence-electron chi connectivity index (χ3n) is 4.77. The van der Waals surface area contributed by atoms with Crippen molar-refractivity contribution >= 4 is 62.5 Å². The predicted octanol–water partition coefficient (Wildman–Crippen LogP) is 5.88. The maximum Gasteiger partial charge on any atom is 0.271 e. The van der Waals surface area contributed by atoms with Crippen LogP contribution in [0.3, 0.4) is 0 Å². The average Bonchev–Trinajstić information content (AvgIpc) is 2.84. The first-order valence-electron chi connectivity index (χ1n) is 10.3. The van der Waals surface area contributed by atoms with Gasteiger partial charge in [-0.15, -0.1) is 0 Å². The summed E-state index contributed by atoms with van der Waals surface area (Å²) < 4.78 is 6.29. The summed E-state index contributed by atoms with van der Waals surface area (Å²) >= 11 is 9.42. The topological polar surface area (TPSA) is 134 Å². The highest BCUT2D eigenvalue weighted by molar-refractivity contribution is 9.10. The number of rotatable bonds is 8. The molecule has 0 atom stereocenters. The number of nitrogens with one attached hydrogen (secondary N) is 2. The lowest BCUT2D eigenvalue weighted by Gasteiger charge is -2.11. The number of nitriles is 1. The van der Waals surface area contributed by atoms with E-state index in [2.05, 4.69) is 26.6 Å². The van der Waals surface area contributed by atoms with Crippen LogP contribution in [0, 0.1) is 28.4 Å². The van der Waals surface area contributed by atoms with Gasteiger partial charge in [-0.05, 0) is 55.0 Å². The van der Waals surface area contributed by atoms with Crippen LogP contribution >= 0.6 is 27.5 Å². The van der Waals surface area contributed by atoms with Crippen LogP contribution in [0.2, 0.25) is 5.02 Å². The fraction of sp³-hybridized carbons (Fsp3) is 0.0800. The van der Waals surface area contributed by atoms with E-state index in [0.717, 1.165) is 5.56 Å². The Bertz CT molecular complexity index is 1420. The number of hydrogen-bond donors (Lipinski definition) is 2. The van der Waals surface area contributed by atoms with Crippen molar-refractivity contribution in [3.05, 3.63) is 97.0 Å². The summed E-state index contributed by atoms with van der Waals surface area (Å²) in [6.07, 6.45) is 1.30. The zero-order valence-electron chi connectivity index (χ0n) is 18.7. The Morgan fingerprint density at radius 1 is 1.14 bits per heavy atom. The Balaban J connectivity index is 1.75. The van der Waals surface area contributed by atoms with Gasteiger partial charge in [-0.3, -0.25) is 19.7 Å². The minimum absolute atomic E-state index is 0.161. The second kappa shape index (κ2) is 12.0. The van der Waals surface area contributed by atoms with E-state index in [-0.39, 0.29) is 29.3 Å². The zero-order valence-corrected chi connectivity index (χ0v) is 21.1. The molecule has 3 aromatic rings. The van der Waals surface area contributed by atoms with Crippen LogP contribution < -0.4 is 15.4 Å². The number of nitro groups is 1. The summed E-state index contributed by atoms with van der Waals surface area (Å²) in [6, 6.07) is 17.2. The van der Waals surface area contributed by atoms with Gasteiger partial charge in [-0.25, -0.2) is 0 Å². The molecule has 2 amide bonds. The van der Waals surface area contributed by atoms with Gasteiger partial charge in [-0.1, -0.05) is 39.7 Å². The molecule has 0 aliphatic carbocycles. The van der Waals surface area contributed by atoms with E-state index in [1.54, 1.807) is 36.4 Å². The average molecular weight is 570 g/mol. The number of carbonyl (C=O) groups excluding carboxylic acids is 2. The fourth-order valence-electron chi connectivity index (χ4n) is 2.97. The summed E-state index contributed by atoms with van der Waals surface area (Å²) in [5.41, 5.74) is 1.43. The van der Waals surface area contributed by atoms with Crippen LogP contribution in [0.15, 0.2) is 70.7 Å². The van der Waals surface area contributed by atoms with E-state index >= 15 is 0 Å². The fourth-order valence-corrected chi connectivity index (χ4v) is 3.53. The quantitative estimate of drug-likeness (QED) is 0.150. The van der Waals surface area contributed by atoms with Crippen molar-refractivity contribution in [1.82, 2.24) is 0 Å². The first-order chi connectivity index (χ1) is 17.2. The normalized spacial score (nSPS) is 10.8. The summed E-state index contributed by atoms with van der Waals surface area (Å²) in [4.78, 5) is 35.4. The number of halogens is 2. The molecule has 11 heteroatoms. The molecule has 0 fully saturated rings. The molecule has 0 radical (unpaired) electrons. The van der Waals surface area contributed by atoms with Gasteiger partial charge >= 0.3 is 0 Å². The molecule has 0 aliphatic rings. The summed E-state index contributed by atoms with van der Waals surface area (Å²) in [5, 5.41) is 26.2. The first-order valence-corrected chi connectivity index (χ1v) is 11.5. The molecule has 0 aromatic heterocycles. The molecule has 0 saturated carbocycles. The maximum absolute atomic E-state index is 12.6. The van der Waals surface area contributed by atoms with Crippen molar-refractivity contribution in [3.63, 3.8) is 0 Å². The standard InChI is InChI=1S/C25H18BrClN4O5/c1-15-5-7-20(12-22(15)27)29-24(32)14-36-23-8-6-18(26)10-16(23)9-17(13-28)25(33)30-19-3-2-4-21(11-19)31(34)35/h2-12H,14H2,1H3,(H,29,32)(H,30,33)/b17-9-. The molecule has 3 rings (SSSR count). The maximum atomic E-state index is 12.6. The van der Waals surface area contributed by atoms with Gasteiger partial charge in [0.2, 0.25) is 0 Å². The van der Waals surface area contributed by atoms with E-state index in [1.165, 1.54) is 30.3 Å². The molecular weight excluding hydrogens is 552 g/mol. The van der Waals surface area contributed by atoms with Gasteiger partial charge in [0, 0.05) is 38.6 Å². The van der Waals surface area contributed by atoms with Crippen LogP contribution in [0.4, 0.5) is 17.1 Å². The Morgan fingerprint density at radius 2 is 1.89 bits per heavy atom. The van der Waals surface area contributed by atoms with Crippen molar-refractivity contribution in [2.75, 3.05) is 17.2 Å². The molecule has 0 spiro atoms. The minimum atomic E-state index is -0.766. The molecule has 0 bridgehead atoms. The van der Waals surface area contributed by atoms with Crippen LogP contribution in [-0.2, 0) is 9.59 Å². The number of carbonyl (C=O) groups is 2. The number of amides is 2. The van der Waals surface area contributed by atoms with Gasteiger partial charge in [0.25, 0.3) is 17.5 Å². The third-order valence-corrected chi connectivity index (χ3v) is 5.67. The molecule has 0 heterocycles. The number of nitro benzene ring substituents is 1.